The zero-order valence-electron chi connectivity index (χ0n) is 10.9. The number of carbonyl (C=O) groups excluding carboxylic acids is 1. The Hall–Kier alpha value is -1.72. The summed E-state index contributed by atoms with van der Waals surface area (Å²) >= 11 is 7.32. The van der Waals surface area contributed by atoms with Crippen molar-refractivity contribution in [3.63, 3.8) is 0 Å². The molecule has 1 aromatic heterocycles. The summed E-state index contributed by atoms with van der Waals surface area (Å²) in [4.78, 5) is 16.8. The largest absolute Gasteiger partial charge is 0.399 e. The van der Waals surface area contributed by atoms with Gasteiger partial charge in [-0.15, -0.1) is 11.8 Å². The van der Waals surface area contributed by atoms with Crippen LogP contribution in [0.2, 0.25) is 5.15 Å². The lowest BCUT2D eigenvalue weighted by Crippen LogP contribution is -2.14. The molecule has 0 unspecified atom stereocenters. The lowest BCUT2D eigenvalue weighted by Gasteiger charge is -2.08. The van der Waals surface area contributed by atoms with Gasteiger partial charge >= 0.3 is 0 Å². The van der Waals surface area contributed by atoms with Crippen molar-refractivity contribution in [1.29, 1.82) is 0 Å². The van der Waals surface area contributed by atoms with Gasteiger partial charge in [-0.1, -0.05) is 17.7 Å². The molecule has 104 valence electrons. The molecule has 0 aliphatic rings. The van der Waals surface area contributed by atoms with Crippen molar-refractivity contribution in [1.82, 2.24) is 4.98 Å². The second kappa shape index (κ2) is 6.63. The van der Waals surface area contributed by atoms with Crippen LogP contribution in [0.1, 0.15) is 5.56 Å². The molecule has 0 radical (unpaired) electrons. The van der Waals surface area contributed by atoms with E-state index in [1.807, 2.05) is 25.1 Å². The van der Waals surface area contributed by atoms with E-state index in [9.17, 15) is 4.79 Å². The summed E-state index contributed by atoms with van der Waals surface area (Å²) in [6.07, 6.45) is 1.57. The van der Waals surface area contributed by atoms with E-state index < -0.39 is 0 Å². The smallest absolute Gasteiger partial charge is 0.234 e. The molecule has 0 bridgehead atoms. The Labute approximate surface area is 126 Å². The molecule has 2 aromatic rings. The standard InChI is InChI=1S/C14H14ClN3OS/c1-9-4-5-10(16)7-12(9)20-8-13(19)18-11-3-2-6-17-14(11)15/h2-7H,8,16H2,1H3,(H,18,19). The van der Waals surface area contributed by atoms with Crippen LogP contribution in [0.15, 0.2) is 41.4 Å². The Balaban J connectivity index is 1.96. The number of anilines is 2. The number of carbonyl (C=O) groups is 1. The van der Waals surface area contributed by atoms with Crippen LogP contribution in [0.25, 0.3) is 0 Å². The van der Waals surface area contributed by atoms with Gasteiger partial charge in [0.05, 0.1) is 11.4 Å². The number of nitrogens with zero attached hydrogens (tertiary/aromatic N) is 1. The van der Waals surface area contributed by atoms with Gasteiger partial charge in [0, 0.05) is 16.8 Å². The number of hydrogen-bond acceptors (Lipinski definition) is 4. The van der Waals surface area contributed by atoms with E-state index >= 15 is 0 Å². The Morgan fingerprint density at radius 1 is 1.45 bits per heavy atom. The molecule has 3 N–H and O–H groups in total. The summed E-state index contributed by atoms with van der Waals surface area (Å²) in [5.41, 5.74) is 8.04. The van der Waals surface area contributed by atoms with E-state index in [-0.39, 0.29) is 16.8 Å². The zero-order valence-corrected chi connectivity index (χ0v) is 12.5. The van der Waals surface area contributed by atoms with E-state index in [0.717, 1.165) is 10.5 Å². The van der Waals surface area contributed by atoms with Crippen molar-refractivity contribution in [3.05, 3.63) is 47.2 Å². The van der Waals surface area contributed by atoms with Gasteiger partial charge in [0.15, 0.2) is 5.15 Å². The highest BCUT2D eigenvalue weighted by Crippen LogP contribution is 2.25. The van der Waals surface area contributed by atoms with Crippen molar-refractivity contribution in [2.45, 2.75) is 11.8 Å². The summed E-state index contributed by atoms with van der Waals surface area (Å²) in [6, 6.07) is 9.08. The Morgan fingerprint density at radius 3 is 3.00 bits per heavy atom. The second-order valence-corrected chi connectivity index (χ2v) is 5.58. The Bertz CT molecular complexity index is 634. The number of benzene rings is 1. The average molecular weight is 308 g/mol. The third-order valence-corrected chi connectivity index (χ3v) is 4.06. The molecule has 4 nitrogen and oxygen atoms in total. The van der Waals surface area contributed by atoms with Gasteiger partial charge in [0.1, 0.15) is 0 Å². The summed E-state index contributed by atoms with van der Waals surface area (Å²) < 4.78 is 0. The van der Waals surface area contributed by atoms with Gasteiger partial charge in [-0.05, 0) is 36.8 Å². The van der Waals surface area contributed by atoms with E-state index in [1.54, 1.807) is 18.3 Å². The molecule has 0 fully saturated rings. The van der Waals surface area contributed by atoms with Crippen molar-refractivity contribution in [2.75, 3.05) is 16.8 Å². The van der Waals surface area contributed by atoms with Gasteiger partial charge in [-0.25, -0.2) is 4.98 Å². The van der Waals surface area contributed by atoms with Crippen molar-refractivity contribution >= 4 is 40.6 Å². The van der Waals surface area contributed by atoms with E-state index in [0.29, 0.717) is 11.4 Å². The summed E-state index contributed by atoms with van der Waals surface area (Å²) in [6.45, 7) is 1.98. The predicted octanol–water partition coefficient (Wildman–Crippen LogP) is 3.36. The Morgan fingerprint density at radius 2 is 2.25 bits per heavy atom. The number of nitrogens with one attached hydrogen (secondary N) is 1. The summed E-state index contributed by atoms with van der Waals surface area (Å²) in [5, 5.41) is 3.01. The van der Waals surface area contributed by atoms with Gasteiger partial charge in [-0.2, -0.15) is 0 Å². The first kappa shape index (κ1) is 14.7. The molecule has 0 aliphatic carbocycles. The fourth-order valence-corrected chi connectivity index (χ4v) is 2.62. The predicted molar refractivity (Wildman–Crippen MR) is 84.2 cm³/mol. The van der Waals surface area contributed by atoms with Gasteiger partial charge in [0.2, 0.25) is 5.91 Å². The topological polar surface area (TPSA) is 68.0 Å². The van der Waals surface area contributed by atoms with E-state index in [1.165, 1.54) is 11.8 Å². The molecule has 0 spiro atoms. The van der Waals surface area contributed by atoms with E-state index in [2.05, 4.69) is 10.3 Å². The van der Waals surface area contributed by atoms with Crippen LogP contribution in [0.5, 0.6) is 0 Å². The molecule has 6 heteroatoms. The molecule has 0 saturated carbocycles. The van der Waals surface area contributed by atoms with Crippen LogP contribution in [-0.4, -0.2) is 16.6 Å². The lowest BCUT2D eigenvalue weighted by atomic mass is 10.2. The fraction of sp³-hybridized carbons (Fsp3) is 0.143. The molecule has 20 heavy (non-hydrogen) atoms. The third kappa shape index (κ3) is 3.88. The number of rotatable bonds is 4. The number of pyridine rings is 1. The van der Waals surface area contributed by atoms with Crippen molar-refractivity contribution in [3.8, 4) is 0 Å². The monoisotopic (exact) mass is 307 g/mol. The summed E-state index contributed by atoms with van der Waals surface area (Å²) in [5.74, 6) is 0.155. The number of hydrogen-bond donors (Lipinski definition) is 2. The highest BCUT2D eigenvalue weighted by Gasteiger charge is 2.08. The van der Waals surface area contributed by atoms with Crippen molar-refractivity contribution < 1.29 is 4.79 Å². The van der Waals surface area contributed by atoms with Gasteiger partial charge in [-0.3, -0.25) is 4.79 Å². The maximum Gasteiger partial charge on any atom is 0.234 e. The van der Waals surface area contributed by atoms with Gasteiger partial charge < -0.3 is 11.1 Å². The van der Waals surface area contributed by atoms with Gasteiger partial charge in [0.25, 0.3) is 0 Å². The number of thioether (sulfide) groups is 1. The molecule has 0 saturated heterocycles. The molecule has 1 heterocycles. The number of aryl methyl sites for hydroxylation is 1. The van der Waals surface area contributed by atoms with Crippen LogP contribution in [-0.2, 0) is 4.79 Å². The minimum atomic E-state index is -0.133. The average Bonchev–Trinajstić information content (AvgIpc) is 2.42. The van der Waals surface area contributed by atoms with Crippen LogP contribution >= 0.6 is 23.4 Å². The molecule has 2 rings (SSSR count). The zero-order chi connectivity index (χ0) is 14.5. The molecule has 1 amide bonds. The number of amides is 1. The minimum Gasteiger partial charge on any atom is -0.399 e. The number of aromatic nitrogens is 1. The lowest BCUT2D eigenvalue weighted by molar-refractivity contribution is -0.113. The first-order valence-corrected chi connectivity index (χ1v) is 7.32. The van der Waals surface area contributed by atoms with Crippen LogP contribution in [0, 0.1) is 6.92 Å². The highest BCUT2D eigenvalue weighted by molar-refractivity contribution is 8.00. The molecule has 1 aromatic carbocycles. The molecule has 0 atom stereocenters. The molecular formula is C14H14ClN3OS. The number of halogens is 1. The first-order valence-electron chi connectivity index (χ1n) is 5.95. The van der Waals surface area contributed by atoms with Crippen LogP contribution in [0.3, 0.4) is 0 Å². The normalized spacial score (nSPS) is 10.3. The number of nitrogens with two attached hydrogens (primary N) is 1. The third-order valence-electron chi connectivity index (χ3n) is 2.60. The molecule has 0 aliphatic heterocycles. The van der Waals surface area contributed by atoms with Crippen LogP contribution in [0.4, 0.5) is 11.4 Å². The van der Waals surface area contributed by atoms with E-state index in [4.69, 9.17) is 17.3 Å². The molecular weight excluding hydrogens is 294 g/mol. The summed E-state index contributed by atoms with van der Waals surface area (Å²) in [7, 11) is 0. The fourth-order valence-electron chi connectivity index (χ4n) is 1.58. The second-order valence-electron chi connectivity index (χ2n) is 4.20. The maximum atomic E-state index is 11.9. The quantitative estimate of drug-likeness (QED) is 0.516. The Kier molecular flexibility index (Phi) is 4.87. The maximum absolute atomic E-state index is 11.9. The minimum absolute atomic E-state index is 0.133. The first-order chi connectivity index (χ1) is 9.56. The van der Waals surface area contributed by atoms with Crippen molar-refractivity contribution in [2.24, 2.45) is 0 Å². The SMILES string of the molecule is Cc1ccc(N)cc1SCC(=O)Nc1cccnc1Cl. The highest BCUT2D eigenvalue weighted by atomic mass is 35.5. The van der Waals surface area contributed by atoms with Crippen LogP contribution < -0.4 is 11.1 Å². The number of nitrogen functional groups attached to an aromatic ring is 1.